The number of anilines is 1. The van der Waals surface area contributed by atoms with E-state index < -0.39 is 0 Å². The molecule has 6 heteroatoms. The monoisotopic (exact) mass is 240 g/mol. The van der Waals surface area contributed by atoms with Gasteiger partial charge in [-0.1, -0.05) is 23.2 Å². The lowest BCUT2D eigenvalue weighted by Gasteiger charge is -2.01. The highest BCUT2D eigenvalue weighted by Gasteiger charge is 2.04. The van der Waals surface area contributed by atoms with E-state index in [9.17, 15) is 0 Å². The maximum absolute atomic E-state index is 5.87. The van der Waals surface area contributed by atoms with Crippen LogP contribution in [0.4, 0.5) is 5.95 Å². The van der Waals surface area contributed by atoms with Gasteiger partial charge in [0.15, 0.2) is 5.82 Å². The van der Waals surface area contributed by atoms with Crippen LogP contribution in [0, 0.1) is 0 Å². The first-order valence-electron chi connectivity index (χ1n) is 4.07. The van der Waals surface area contributed by atoms with Gasteiger partial charge in [0.1, 0.15) is 6.33 Å². The molecule has 0 unspecified atom stereocenters. The molecule has 0 aliphatic heterocycles. The first kappa shape index (κ1) is 10.1. The first-order valence-corrected chi connectivity index (χ1v) is 4.82. The van der Waals surface area contributed by atoms with Crippen molar-refractivity contribution in [3.05, 3.63) is 34.6 Å². The van der Waals surface area contributed by atoms with Gasteiger partial charge in [0, 0.05) is 5.56 Å². The van der Waals surface area contributed by atoms with Crippen LogP contribution < -0.4 is 5.73 Å². The van der Waals surface area contributed by atoms with Gasteiger partial charge in [-0.25, -0.2) is 9.97 Å². The van der Waals surface area contributed by atoms with Crippen LogP contribution in [0.25, 0.3) is 11.4 Å². The molecule has 0 bridgehead atoms. The van der Waals surface area contributed by atoms with Gasteiger partial charge in [-0.05, 0) is 18.2 Å². The van der Waals surface area contributed by atoms with Gasteiger partial charge in [0.25, 0.3) is 0 Å². The van der Waals surface area contributed by atoms with E-state index in [-0.39, 0.29) is 5.95 Å². The quantitative estimate of drug-likeness (QED) is 0.832. The molecule has 0 atom stereocenters. The predicted molar refractivity (Wildman–Crippen MR) is 59.7 cm³/mol. The van der Waals surface area contributed by atoms with Crippen molar-refractivity contribution < 1.29 is 0 Å². The molecule has 0 radical (unpaired) electrons. The molecule has 15 heavy (non-hydrogen) atoms. The lowest BCUT2D eigenvalue weighted by Crippen LogP contribution is -1.97. The average molecular weight is 241 g/mol. The number of hydrogen-bond acceptors (Lipinski definition) is 4. The van der Waals surface area contributed by atoms with Crippen LogP contribution >= 0.6 is 23.2 Å². The van der Waals surface area contributed by atoms with E-state index in [0.717, 1.165) is 5.56 Å². The lowest BCUT2D eigenvalue weighted by molar-refractivity contribution is 1.07. The van der Waals surface area contributed by atoms with Gasteiger partial charge < -0.3 is 5.73 Å². The molecule has 0 spiro atoms. The minimum Gasteiger partial charge on any atom is -0.368 e. The topological polar surface area (TPSA) is 64.7 Å². The van der Waals surface area contributed by atoms with Crippen LogP contribution in [-0.2, 0) is 0 Å². The van der Waals surface area contributed by atoms with Crippen molar-refractivity contribution in [1.82, 2.24) is 15.0 Å². The zero-order valence-electron chi connectivity index (χ0n) is 7.48. The van der Waals surface area contributed by atoms with Crippen molar-refractivity contribution in [2.24, 2.45) is 0 Å². The fourth-order valence-electron chi connectivity index (χ4n) is 1.08. The molecule has 0 fully saturated rings. The number of hydrogen-bond donors (Lipinski definition) is 1. The smallest absolute Gasteiger partial charge is 0.223 e. The molecule has 1 heterocycles. The Kier molecular flexibility index (Phi) is 2.70. The number of nitrogen functional groups attached to an aromatic ring is 1. The van der Waals surface area contributed by atoms with Crippen LogP contribution in [0.2, 0.25) is 10.0 Å². The van der Waals surface area contributed by atoms with Crippen molar-refractivity contribution in [2.75, 3.05) is 5.73 Å². The molecule has 76 valence electrons. The first-order chi connectivity index (χ1) is 7.16. The highest BCUT2D eigenvalue weighted by atomic mass is 35.5. The SMILES string of the molecule is Nc1ncnc(-c2ccc(Cl)c(Cl)c2)n1. The van der Waals surface area contributed by atoms with Crippen molar-refractivity contribution in [1.29, 1.82) is 0 Å². The molecular weight excluding hydrogens is 235 g/mol. The summed E-state index contributed by atoms with van der Waals surface area (Å²) < 4.78 is 0. The van der Waals surface area contributed by atoms with Gasteiger partial charge in [0.05, 0.1) is 10.0 Å². The van der Waals surface area contributed by atoms with Crippen LogP contribution in [0.3, 0.4) is 0 Å². The lowest BCUT2D eigenvalue weighted by atomic mass is 10.2. The van der Waals surface area contributed by atoms with E-state index in [4.69, 9.17) is 28.9 Å². The Hall–Kier alpha value is -1.39. The maximum atomic E-state index is 5.87. The van der Waals surface area contributed by atoms with E-state index in [1.165, 1.54) is 6.33 Å². The Bertz CT molecular complexity index is 501. The third-order valence-corrected chi connectivity index (χ3v) is 2.51. The Labute approximate surface area is 96.1 Å². The fraction of sp³-hybridized carbons (Fsp3) is 0. The molecule has 0 aliphatic carbocycles. The van der Waals surface area contributed by atoms with Crippen molar-refractivity contribution >= 4 is 29.2 Å². The van der Waals surface area contributed by atoms with E-state index in [1.807, 2.05) is 0 Å². The summed E-state index contributed by atoms with van der Waals surface area (Å²) in [7, 11) is 0. The molecule has 0 saturated heterocycles. The van der Waals surface area contributed by atoms with Crippen molar-refractivity contribution in [2.45, 2.75) is 0 Å². The molecule has 2 rings (SSSR count). The Morgan fingerprint density at radius 1 is 1.07 bits per heavy atom. The second-order valence-electron chi connectivity index (χ2n) is 2.80. The highest BCUT2D eigenvalue weighted by Crippen LogP contribution is 2.26. The Morgan fingerprint density at radius 3 is 2.53 bits per heavy atom. The molecule has 2 aromatic rings. The third kappa shape index (κ3) is 2.16. The maximum Gasteiger partial charge on any atom is 0.223 e. The minimum atomic E-state index is 0.172. The van der Waals surface area contributed by atoms with Crippen LogP contribution in [0.5, 0.6) is 0 Å². The summed E-state index contributed by atoms with van der Waals surface area (Å²) in [5, 5.41) is 0.940. The van der Waals surface area contributed by atoms with E-state index in [0.29, 0.717) is 15.9 Å². The minimum absolute atomic E-state index is 0.172. The van der Waals surface area contributed by atoms with Crippen LogP contribution in [-0.4, -0.2) is 15.0 Å². The standard InChI is InChI=1S/C9H6Cl2N4/c10-6-2-1-5(3-7(6)11)8-13-4-14-9(12)15-8/h1-4H,(H2,12,13,14,15). The van der Waals surface area contributed by atoms with Crippen molar-refractivity contribution in [3.63, 3.8) is 0 Å². The zero-order valence-corrected chi connectivity index (χ0v) is 9.00. The van der Waals surface area contributed by atoms with E-state index >= 15 is 0 Å². The van der Waals surface area contributed by atoms with Gasteiger partial charge in [-0.15, -0.1) is 0 Å². The van der Waals surface area contributed by atoms with Gasteiger partial charge in [0.2, 0.25) is 5.95 Å². The van der Waals surface area contributed by atoms with Crippen LogP contribution in [0.15, 0.2) is 24.5 Å². The molecular formula is C9H6Cl2N4. The number of rotatable bonds is 1. The summed E-state index contributed by atoms with van der Waals surface area (Å²) in [5.74, 6) is 0.645. The summed E-state index contributed by atoms with van der Waals surface area (Å²) in [6.45, 7) is 0. The molecule has 1 aromatic heterocycles. The van der Waals surface area contributed by atoms with Gasteiger partial charge in [-0.3, -0.25) is 0 Å². The van der Waals surface area contributed by atoms with Gasteiger partial charge in [-0.2, -0.15) is 4.98 Å². The van der Waals surface area contributed by atoms with E-state index in [2.05, 4.69) is 15.0 Å². The number of benzene rings is 1. The van der Waals surface area contributed by atoms with Crippen LogP contribution in [0.1, 0.15) is 0 Å². The second kappa shape index (κ2) is 4.00. The Balaban J connectivity index is 2.50. The number of nitrogens with zero attached hydrogens (tertiary/aromatic N) is 3. The Morgan fingerprint density at radius 2 is 1.87 bits per heavy atom. The summed E-state index contributed by atoms with van der Waals surface area (Å²) in [6, 6.07) is 5.13. The van der Waals surface area contributed by atoms with Gasteiger partial charge >= 0.3 is 0 Å². The molecule has 2 N–H and O–H groups in total. The molecule has 0 aliphatic rings. The second-order valence-corrected chi connectivity index (χ2v) is 3.61. The number of nitrogens with two attached hydrogens (primary N) is 1. The molecule has 0 saturated carbocycles. The average Bonchev–Trinajstić information content (AvgIpc) is 2.22. The summed E-state index contributed by atoms with van der Waals surface area (Å²) in [6.07, 6.45) is 1.35. The normalized spacial score (nSPS) is 10.3. The van der Waals surface area contributed by atoms with Crippen molar-refractivity contribution in [3.8, 4) is 11.4 Å². The summed E-state index contributed by atoms with van der Waals surface area (Å²) in [4.78, 5) is 11.6. The largest absolute Gasteiger partial charge is 0.368 e. The number of halogens is 2. The molecule has 0 amide bonds. The molecule has 1 aromatic carbocycles. The summed E-state index contributed by atoms with van der Waals surface area (Å²) in [5.41, 5.74) is 6.19. The third-order valence-electron chi connectivity index (χ3n) is 1.77. The fourth-order valence-corrected chi connectivity index (χ4v) is 1.38. The zero-order chi connectivity index (χ0) is 10.8. The molecule has 4 nitrogen and oxygen atoms in total. The predicted octanol–water partition coefficient (Wildman–Crippen LogP) is 2.43. The summed E-state index contributed by atoms with van der Waals surface area (Å²) >= 11 is 11.7. The van der Waals surface area contributed by atoms with E-state index in [1.54, 1.807) is 18.2 Å². The number of aromatic nitrogens is 3. The highest BCUT2D eigenvalue weighted by molar-refractivity contribution is 6.42.